The summed E-state index contributed by atoms with van der Waals surface area (Å²) < 4.78 is 26.8. The van der Waals surface area contributed by atoms with Crippen LogP contribution in [0.15, 0.2) is 34.5 Å². The number of fused-ring (bicyclic) bond motifs is 1. The Labute approximate surface area is 160 Å². The average Bonchev–Trinajstić information content (AvgIpc) is 3.09. The zero-order chi connectivity index (χ0) is 19.4. The molecule has 1 aliphatic carbocycles. The third-order valence-corrected chi connectivity index (χ3v) is 6.89. The molecular formula is C17H19N3O5S2. The first-order valence-electron chi connectivity index (χ1n) is 8.50. The lowest BCUT2D eigenvalue weighted by Gasteiger charge is -2.13. The van der Waals surface area contributed by atoms with Crippen molar-refractivity contribution in [2.45, 2.75) is 30.6 Å². The Morgan fingerprint density at radius 3 is 2.78 bits per heavy atom. The van der Waals surface area contributed by atoms with E-state index in [9.17, 15) is 23.3 Å². The van der Waals surface area contributed by atoms with Crippen LogP contribution in [0.1, 0.15) is 33.6 Å². The average molecular weight is 409 g/mol. The molecule has 0 unspecified atom stereocenters. The molecule has 3 rings (SSSR count). The lowest BCUT2D eigenvalue weighted by molar-refractivity contribution is -0.385. The quantitative estimate of drug-likeness (QED) is 0.413. The molecule has 27 heavy (non-hydrogen) atoms. The van der Waals surface area contributed by atoms with E-state index >= 15 is 0 Å². The maximum absolute atomic E-state index is 12.3. The van der Waals surface area contributed by atoms with Gasteiger partial charge in [0.15, 0.2) is 0 Å². The molecule has 0 bridgehead atoms. The summed E-state index contributed by atoms with van der Waals surface area (Å²) in [5, 5.41) is 15.4. The second-order valence-electron chi connectivity index (χ2n) is 6.17. The summed E-state index contributed by atoms with van der Waals surface area (Å²) in [6.07, 6.45) is 4.14. The topological polar surface area (TPSA) is 118 Å². The van der Waals surface area contributed by atoms with Gasteiger partial charge in [-0.3, -0.25) is 14.9 Å². The lowest BCUT2D eigenvalue weighted by Crippen LogP contribution is -2.35. The molecule has 0 fully saturated rings. The highest BCUT2D eigenvalue weighted by Gasteiger charge is 2.20. The summed E-state index contributed by atoms with van der Waals surface area (Å²) in [6.45, 7) is 0.112. The van der Waals surface area contributed by atoms with Crippen molar-refractivity contribution in [3.05, 3.63) is 55.8 Å². The van der Waals surface area contributed by atoms with Crippen LogP contribution in [-0.4, -0.2) is 32.3 Å². The van der Waals surface area contributed by atoms with Crippen molar-refractivity contribution in [1.29, 1.82) is 0 Å². The number of benzene rings is 1. The number of amides is 1. The maximum Gasteiger partial charge on any atom is 0.270 e. The van der Waals surface area contributed by atoms with Crippen LogP contribution in [0.2, 0.25) is 0 Å². The fraction of sp³-hybridized carbons (Fsp3) is 0.353. The Bertz CT molecular complexity index is 969. The molecule has 144 valence electrons. The van der Waals surface area contributed by atoms with Crippen molar-refractivity contribution in [3.63, 3.8) is 0 Å². The Kier molecular flexibility index (Phi) is 5.88. The third-order valence-electron chi connectivity index (χ3n) is 4.35. The summed E-state index contributed by atoms with van der Waals surface area (Å²) in [5.74, 6) is -0.205. The van der Waals surface area contributed by atoms with Crippen LogP contribution in [0.5, 0.6) is 0 Å². The molecule has 10 heteroatoms. The monoisotopic (exact) mass is 409 g/mol. The van der Waals surface area contributed by atoms with Gasteiger partial charge < -0.3 is 5.32 Å². The summed E-state index contributed by atoms with van der Waals surface area (Å²) >= 11 is 1.60. The van der Waals surface area contributed by atoms with Crippen LogP contribution in [0.25, 0.3) is 0 Å². The Morgan fingerprint density at radius 2 is 2.00 bits per heavy atom. The zero-order valence-corrected chi connectivity index (χ0v) is 16.1. The highest BCUT2D eigenvalue weighted by molar-refractivity contribution is 7.89. The van der Waals surface area contributed by atoms with E-state index in [0.29, 0.717) is 5.56 Å². The van der Waals surface area contributed by atoms with Crippen molar-refractivity contribution >= 4 is 33.0 Å². The molecule has 1 amide bonds. The minimum absolute atomic E-state index is 0.0108. The van der Waals surface area contributed by atoms with Gasteiger partial charge in [0.2, 0.25) is 10.0 Å². The standard InChI is InChI=1S/C17H19N3O5S2/c21-17(15-11-26-16-7-2-1-6-14(15)16)18-8-9-19-27(24,25)13-5-3-4-12(10-13)20(22)23/h3-5,10-11,19H,1-2,6-9H2,(H,18,21). The highest BCUT2D eigenvalue weighted by Crippen LogP contribution is 2.30. The third kappa shape index (κ3) is 4.52. The first kappa shape index (κ1) is 19.5. The minimum atomic E-state index is -3.89. The Morgan fingerprint density at radius 1 is 1.22 bits per heavy atom. The molecule has 0 atom stereocenters. The van der Waals surface area contributed by atoms with Crippen LogP contribution < -0.4 is 10.0 Å². The van der Waals surface area contributed by atoms with E-state index in [0.717, 1.165) is 37.3 Å². The summed E-state index contributed by atoms with van der Waals surface area (Å²) in [5.41, 5.74) is 1.49. The number of aryl methyl sites for hydroxylation is 1. The van der Waals surface area contributed by atoms with Gasteiger partial charge in [0, 0.05) is 35.5 Å². The van der Waals surface area contributed by atoms with E-state index in [1.165, 1.54) is 23.1 Å². The number of nitrogens with zero attached hydrogens (tertiary/aromatic N) is 1. The van der Waals surface area contributed by atoms with E-state index in [-0.39, 0.29) is 29.6 Å². The molecule has 0 radical (unpaired) electrons. The van der Waals surface area contributed by atoms with Crippen molar-refractivity contribution < 1.29 is 18.1 Å². The molecule has 0 spiro atoms. The fourth-order valence-electron chi connectivity index (χ4n) is 2.99. The molecule has 0 saturated carbocycles. The first-order valence-corrected chi connectivity index (χ1v) is 10.9. The van der Waals surface area contributed by atoms with E-state index in [1.54, 1.807) is 11.3 Å². The molecule has 8 nitrogen and oxygen atoms in total. The number of hydrogen-bond donors (Lipinski definition) is 2. The van der Waals surface area contributed by atoms with Gasteiger partial charge in [-0.1, -0.05) is 6.07 Å². The molecule has 1 heterocycles. The normalized spacial score (nSPS) is 13.8. The molecule has 1 aromatic heterocycles. The van der Waals surface area contributed by atoms with E-state index in [2.05, 4.69) is 10.0 Å². The number of carbonyl (C=O) groups is 1. The zero-order valence-electron chi connectivity index (χ0n) is 14.4. The number of nitro groups is 1. The number of sulfonamides is 1. The SMILES string of the molecule is O=C(NCCNS(=O)(=O)c1cccc([N+](=O)[O-])c1)c1csc2c1CCCC2. The van der Waals surface area contributed by atoms with Crippen LogP contribution in [0, 0.1) is 10.1 Å². The van der Waals surface area contributed by atoms with Gasteiger partial charge in [-0.05, 0) is 37.3 Å². The number of nitro benzene ring substituents is 1. The largest absolute Gasteiger partial charge is 0.351 e. The number of non-ortho nitro benzene ring substituents is 1. The van der Waals surface area contributed by atoms with Gasteiger partial charge in [0.25, 0.3) is 11.6 Å². The second kappa shape index (κ2) is 8.15. The van der Waals surface area contributed by atoms with Crippen molar-refractivity contribution in [1.82, 2.24) is 10.0 Å². The Hall–Kier alpha value is -2.30. The van der Waals surface area contributed by atoms with Crippen LogP contribution in [0.4, 0.5) is 5.69 Å². The van der Waals surface area contributed by atoms with E-state index in [4.69, 9.17) is 0 Å². The Balaban J connectivity index is 1.55. The molecule has 0 aliphatic heterocycles. The van der Waals surface area contributed by atoms with Gasteiger partial charge in [0.05, 0.1) is 15.4 Å². The van der Waals surface area contributed by atoms with Gasteiger partial charge >= 0.3 is 0 Å². The molecule has 1 aromatic carbocycles. The van der Waals surface area contributed by atoms with E-state index in [1.807, 2.05) is 5.38 Å². The van der Waals surface area contributed by atoms with Gasteiger partial charge in [-0.25, -0.2) is 13.1 Å². The highest BCUT2D eigenvalue weighted by atomic mass is 32.2. The molecule has 1 aliphatic rings. The summed E-state index contributed by atoms with van der Waals surface area (Å²) in [4.78, 5) is 23.5. The number of nitrogens with one attached hydrogen (secondary N) is 2. The van der Waals surface area contributed by atoms with Crippen LogP contribution in [0.3, 0.4) is 0 Å². The summed E-state index contributed by atoms with van der Waals surface area (Å²) in [6, 6.07) is 4.82. The summed E-state index contributed by atoms with van der Waals surface area (Å²) in [7, 11) is -3.89. The second-order valence-corrected chi connectivity index (χ2v) is 8.90. The smallest absolute Gasteiger partial charge is 0.270 e. The number of carbonyl (C=O) groups excluding carboxylic acids is 1. The van der Waals surface area contributed by atoms with Crippen molar-refractivity contribution in [3.8, 4) is 0 Å². The van der Waals surface area contributed by atoms with Gasteiger partial charge in [0.1, 0.15) is 0 Å². The number of thiophene rings is 1. The van der Waals surface area contributed by atoms with Crippen molar-refractivity contribution in [2.24, 2.45) is 0 Å². The lowest BCUT2D eigenvalue weighted by atomic mass is 9.96. The molecule has 2 aromatic rings. The molecular weight excluding hydrogens is 390 g/mol. The molecule has 0 saturated heterocycles. The first-order chi connectivity index (χ1) is 12.9. The van der Waals surface area contributed by atoms with E-state index < -0.39 is 14.9 Å². The van der Waals surface area contributed by atoms with Gasteiger partial charge in [-0.15, -0.1) is 11.3 Å². The van der Waals surface area contributed by atoms with Crippen molar-refractivity contribution in [2.75, 3.05) is 13.1 Å². The predicted molar refractivity (Wildman–Crippen MR) is 102 cm³/mol. The number of rotatable bonds is 7. The van der Waals surface area contributed by atoms with Crippen LogP contribution in [-0.2, 0) is 22.9 Å². The van der Waals surface area contributed by atoms with Gasteiger partial charge in [-0.2, -0.15) is 0 Å². The van der Waals surface area contributed by atoms with Crippen LogP contribution >= 0.6 is 11.3 Å². The minimum Gasteiger partial charge on any atom is -0.351 e. The maximum atomic E-state index is 12.3. The predicted octanol–water partition coefficient (Wildman–Crippen LogP) is 2.24. The number of hydrogen-bond acceptors (Lipinski definition) is 6. The molecule has 2 N–H and O–H groups in total. The fourth-order valence-corrected chi connectivity index (χ4v) is 5.19.